The lowest BCUT2D eigenvalue weighted by Crippen LogP contribution is -2.23. The Balaban J connectivity index is 1.45. The van der Waals surface area contributed by atoms with E-state index >= 15 is 0 Å². The highest BCUT2D eigenvalue weighted by Gasteiger charge is 2.15. The van der Waals surface area contributed by atoms with Crippen LogP contribution in [0.3, 0.4) is 0 Å². The van der Waals surface area contributed by atoms with E-state index in [9.17, 15) is 13.6 Å². The first kappa shape index (κ1) is 25.9. The summed E-state index contributed by atoms with van der Waals surface area (Å²) in [6.07, 6.45) is 1.03. The molecule has 0 spiro atoms. The second-order valence-corrected chi connectivity index (χ2v) is 9.12. The van der Waals surface area contributed by atoms with Crippen LogP contribution in [-0.4, -0.2) is 54.9 Å². The number of nitrogen functional groups attached to an aromatic ring is 1. The van der Waals surface area contributed by atoms with Gasteiger partial charge in [-0.2, -0.15) is 4.79 Å². The molecule has 3 aromatic carbocycles. The Morgan fingerprint density at radius 3 is 2.38 bits per heavy atom. The highest BCUT2D eigenvalue weighted by atomic mass is 19.1. The molecule has 0 saturated heterocycles. The van der Waals surface area contributed by atoms with Gasteiger partial charge in [0.25, 0.3) is 5.91 Å². The number of hydrogen-bond donors (Lipinski definition) is 2. The highest BCUT2D eigenvalue weighted by molar-refractivity contribution is 6.08. The van der Waals surface area contributed by atoms with E-state index in [1.165, 1.54) is 16.9 Å². The number of ether oxygens (including phenoxy) is 1. The molecular weight excluding hydrogens is 478 g/mol. The van der Waals surface area contributed by atoms with Gasteiger partial charge in [0.15, 0.2) is 5.82 Å². The molecule has 0 saturated carbocycles. The van der Waals surface area contributed by atoms with Gasteiger partial charge in [-0.3, -0.25) is 4.79 Å². The zero-order valence-electron chi connectivity index (χ0n) is 21.0. The second-order valence-electron chi connectivity index (χ2n) is 9.12. The van der Waals surface area contributed by atoms with Crippen LogP contribution >= 0.6 is 0 Å². The maximum atomic E-state index is 13.5. The summed E-state index contributed by atoms with van der Waals surface area (Å²) in [6.45, 7) is 1.87. The molecule has 0 aliphatic carbocycles. The summed E-state index contributed by atoms with van der Waals surface area (Å²) in [6, 6.07) is 15.6. The number of carbonyl (C=O) groups is 1. The maximum absolute atomic E-state index is 13.5. The van der Waals surface area contributed by atoms with Crippen LogP contribution < -0.4 is 20.8 Å². The molecule has 0 unspecified atom stereocenters. The number of nitrogens with zero attached hydrogens (tertiary/aromatic N) is 4. The summed E-state index contributed by atoms with van der Waals surface area (Å²) in [5.74, 6) is 5.00. The number of fused-ring (bicyclic) bond motifs is 1. The first-order chi connectivity index (χ1) is 17.7. The number of rotatable bonds is 10. The van der Waals surface area contributed by atoms with Gasteiger partial charge >= 0.3 is 0 Å². The topological polar surface area (TPSA) is 88.7 Å². The van der Waals surface area contributed by atoms with E-state index in [4.69, 9.17) is 10.6 Å². The molecule has 0 fully saturated rings. The van der Waals surface area contributed by atoms with Crippen molar-refractivity contribution in [1.82, 2.24) is 14.8 Å². The molecule has 3 N–H and O–H groups in total. The Bertz CT molecular complexity index is 1370. The van der Waals surface area contributed by atoms with Crippen molar-refractivity contribution in [3.63, 3.8) is 0 Å². The fraction of sp³-hybridized carbons (Fsp3) is 0.259. The molecule has 194 valence electrons. The Labute approximate surface area is 214 Å². The van der Waals surface area contributed by atoms with Gasteiger partial charge in [0.1, 0.15) is 24.0 Å². The summed E-state index contributed by atoms with van der Waals surface area (Å²) in [4.78, 5) is 18.4. The van der Waals surface area contributed by atoms with Gasteiger partial charge < -0.3 is 25.7 Å². The van der Waals surface area contributed by atoms with Crippen molar-refractivity contribution in [2.75, 3.05) is 50.3 Å². The van der Waals surface area contributed by atoms with Crippen molar-refractivity contribution in [1.29, 1.82) is 0 Å². The van der Waals surface area contributed by atoms with E-state index in [0.717, 1.165) is 31.3 Å². The van der Waals surface area contributed by atoms with E-state index in [2.05, 4.69) is 20.2 Å². The number of benzene rings is 3. The van der Waals surface area contributed by atoms with Crippen molar-refractivity contribution in [2.45, 2.75) is 13.0 Å². The van der Waals surface area contributed by atoms with Crippen molar-refractivity contribution < 1.29 is 18.3 Å². The van der Waals surface area contributed by atoms with Gasteiger partial charge in [-0.05, 0) is 87.2 Å². The highest BCUT2D eigenvalue weighted by Crippen LogP contribution is 2.27. The van der Waals surface area contributed by atoms with Gasteiger partial charge in [0.05, 0.1) is 10.9 Å². The monoisotopic (exact) mass is 508 g/mol. The molecule has 1 aromatic heterocycles. The lowest BCUT2D eigenvalue weighted by molar-refractivity contribution is 0.102. The lowest BCUT2D eigenvalue weighted by Gasteiger charge is -2.20. The fourth-order valence-corrected chi connectivity index (χ4v) is 3.96. The van der Waals surface area contributed by atoms with Crippen molar-refractivity contribution in [3.05, 3.63) is 83.4 Å². The molecule has 8 nitrogen and oxygen atoms in total. The third kappa shape index (κ3) is 6.53. The van der Waals surface area contributed by atoms with Gasteiger partial charge in [0.2, 0.25) is 0 Å². The van der Waals surface area contributed by atoms with Crippen molar-refractivity contribution in [2.24, 2.45) is 0 Å². The van der Waals surface area contributed by atoms with E-state index in [0.29, 0.717) is 27.8 Å². The average molecular weight is 509 g/mol. The van der Waals surface area contributed by atoms with Crippen LogP contribution in [0.5, 0.6) is 5.75 Å². The smallest absolute Gasteiger partial charge is 0.256 e. The number of aromatic nitrogens is 2. The van der Waals surface area contributed by atoms with Crippen LogP contribution in [0.25, 0.3) is 10.9 Å². The first-order valence-corrected chi connectivity index (χ1v) is 11.8. The Kier molecular flexibility index (Phi) is 7.88. The van der Waals surface area contributed by atoms with Crippen LogP contribution in [0.15, 0.2) is 60.7 Å². The summed E-state index contributed by atoms with van der Waals surface area (Å²) in [7, 11) is 6.12. The number of nitrogens with one attached hydrogen (secondary N) is 1. The number of hydrogen-bond acceptors (Lipinski definition) is 6. The molecule has 4 aromatic rings. The molecule has 10 heteroatoms. The summed E-state index contributed by atoms with van der Waals surface area (Å²) >= 11 is 0. The largest absolute Gasteiger partial charge is 0.489 e. The SMILES string of the molecule is CN(C)CCCN(C)c1ccc(C(=O)Nc2nn(N)c3ccc(OCc4cc(F)cc(F)c4)cc23)cc1. The molecule has 0 aliphatic heterocycles. The molecule has 0 aliphatic rings. The van der Waals surface area contributed by atoms with Gasteiger partial charge in [-0.1, -0.05) is 0 Å². The van der Waals surface area contributed by atoms with Crippen LogP contribution in [-0.2, 0) is 6.61 Å². The van der Waals surface area contributed by atoms with Crippen LogP contribution in [0, 0.1) is 11.6 Å². The second kappa shape index (κ2) is 11.3. The third-order valence-electron chi connectivity index (χ3n) is 5.91. The van der Waals surface area contributed by atoms with E-state index in [-0.39, 0.29) is 18.3 Å². The quantitative estimate of drug-likeness (QED) is 0.312. The zero-order chi connectivity index (χ0) is 26.5. The Morgan fingerprint density at radius 2 is 1.70 bits per heavy atom. The molecule has 1 amide bonds. The average Bonchev–Trinajstić information content (AvgIpc) is 3.16. The molecular formula is C27H30F2N6O2. The Hall–Kier alpha value is -4.18. The minimum Gasteiger partial charge on any atom is -0.489 e. The van der Waals surface area contributed by atoms with Crippen LogP contribution in [0.2, 0.25) is 0 Å². The first-order valence-electron chi connectivity index (χ1n) is 11.8. The zero-order valence-corrected chi connectivity index (χ0v) is 21.0. The fourth-order valence-electron chi connectivity index (χ4n) is 3.96. The standard InChI is InChI=1S/C27H30F2N6O2/c1-33(2)11-4-12-34(3)22-7-5-19(6-8-22)27(36)31-26-24-16-23(9-10-25(24)35(30)32-26)37-17-18-13-20(28)15-21(29)14-18/h5-10,13-16H,4,11-12,17,30H2,1-3H3,(H,31,32,36). The molecule has 0 atom stereocenters. The van der Waals surface area contributed by atoms with Crippen molar-refractivity contribution in [3.8, 4) is 5.75 Å². The molecule has 0 radical (unpaired) electrons. The maximum Gasteiger partial charge on any atom is 0.256 e. The van der Waals surface area contributed by atoms with Crippen LogP contribution in [0.4, 0.5) is 20.3 Å². The molecule has 1 heterocycles. The van der Waals surface area contributed by atoms with Gasteiger partial charge in [0, 0.05) is 30.9 Å². The predicted molar refractivity (Wildman–Crippen MR) is 141 cm³/mol. The number of nitrogens with two attached hydrogens (primary N) is 1. The minimum absolute atomic E-state index is 0.0332. The van der Waals surface area contributed by atoms with Crippen molar-refractivity contribution >= 4 is 28.3 Å². The lowest BCUT2D eigenvalue weighted by atomic mass is 10.1. The third-order valence-corrected chi connectivity index (χ3v) is 5.91. The Morgan fingerprint density at radius 1 is 1.00 bits per heavy atom. The van der Waals surface area contributed by atoms with E-state index < -0.39 is 11.6 Å². The number of anilines is 2. The molecule has 0 bridgehead atoms. The van der Waals surface area contributed by atoms with E-state index in [1.54, 1.807) is 30.3 Å². The normalized spacial score (nSPS) is 11.2. The van der Waals surface area contributed by atoms with Gasteiger partial charge in [-0.25, -0.2) is 8.78 Å². The summed E-state index contributed by atoms with van der Waals surface area (Å²) < 4.78 is 32.6. The predicted octanol–water partition coefficient (Wildman–Crippen LogP) is 4.25. The summed E-state index contributed by atoms with van der Waals surface area (Å²) in [5, 5.41) is 7.60. The number of carbonyl (C=O) groups excluding carboxylic acids is 1. The summed E-state index contributed by atoms with van der Waals surface area (Å²) in [5.41, 5.74) is 2.43. The van der Waals surface area contributed by atoms with E-state index in [1.807, 2.05) is 33.3 Å². The minimum atomic E-state index is -0.674. The number of halogens is 2. The molecule has 4 rings (SSSR count). The van der Waals surface area contributed by atoms with Crippen LogP contribution in [0.1, 0.15) is 22.3 Å². The number of amides is 1. The van der Waals surface area contributed by atoms with Gasteiger partial charge in [-0.15, -0.1) is 5.10 Å². The molecule has 37 heavy (non-hydrogen) atoms.